The number of ether oxygens (including phenoxy) is 1. The van der Waals surface area contributed by atoms with Crippen LogP contribution in [0, 0.1) is 11.8 Å². The number of sulfonamides is 1. The molecule has 6 heteroatoms. The molecule has 0 aliphatic rings. The van der Waals surface area contributed by atoms with Gasteiger partial charge in [0.05, 0.1) is 12.3 Å². The predicted molar refractivity (Wildman–Crippen MR) is 91.7 cm³/mol. The van der Waals surface area contributed by atoms with Gasteiger partial charge >= 0.3 is 0 Å². The van der Waals surface area contributed by atoms with Crippen molar-refractivity contribution in [2.75, 3.05) is 18.9 Å². The second-order valence-electron chi connectivity index (χ2n) is 4.97. The Bertz CT molecular complexity index is 802. The first-order valence-electron chi connectivity index (χ1n) is 7.52. The molecule has 5 nitrogen and oxygen atoms in total. The molecule has 1 aromatic heterocycles. The molecule has 0 bridgehead atoms. The van der Waals surface area contributed by atoms with Crippen molar-refractivity contribution < 1.29 is 13.2 Å². The Morgan fingerprint density at radius 3 is 2.87 bits per heavy atom. The van der Waals surface area contributed by atoms with Crippen LogP contribution < -0.4 is 9.46 Å². The third-order valence-corrected chi connectivity index (χ3v) is 4.58. The normalized spacial score (nSPS) is 11.0. The van der Waals surface area contributed by atoms with Crippen LogP contribution >= 0.6 is 0 Å². The quantitative estimate of drug-likeness (QED) is 0.790. The Morgan fingerprint density at radius 2 is 2.04 bits per heavy atom. The summed E-state index contributed by atoms with van der Waals surface area (Å²) in [5.74, 6) is 6.36. The molecule has 0 spiro atoms. The maximum Gasteiger partial charge on any atom is 0.212 e. The second-order valence-corrected chi connectivity index (χ2v) is 6.89. The van der Waals surface area contributed by atoms with Gasteiger partial charge in [0.15, 0.2) is 0 Å². The molecule has 0 aliphatic heterocycles. The van der Waals surface area contributed by atoms with Gasteiger partial charge in [0, 0.05) is 11.6 Å². The van der Waals surface area contributed by atoms with Gasteiger partial charge in [0.25, 0.3) is 0 Å². The highest BCUT2D eigenvalue weighted by Gasteiger charge is 2.06. The van der Waals surface area contributed by atoms with Crippen LogP contribution in [0.4, 0.5) is 0 Å². The molecule has 0 saturated carbocycles. The Hall–Kier alpha value is -2.10. The summed E-state index contributed by atoms with van der Waals surface area (Å²) >= 11 is 0. The number of rotatable bonds is 7. The number of hydrogen-bond donors (Lipinski definition) is 1. The van der Waals surface area contributed by atoms with Gasteiger partial charge in [-0.2, -0.15) is 0 Å². The van der Waals surface area contributed by atoms with Crippen molar-refractivity contribution in [3.05, 3.63) is 36.5 Å². The van der Waals surface area contributed by atoms with E-state index < -0.39 is 10.0 Å². The lowest BCUT2D eigenvalue weighted by atomic mass is 10.2. The van der Waals surface area contributed by atoms with Gasteiger partial charge in [-0.15, -0.1) is 0 Å². The van der Waals surface area contributed by atoms with Crippen LogP contribution in [-0.2, 0) is 10.0 Å². The maximum absolute atomic E-state index is 11.6. The Kier molecular flexibility index (Phi) is 6.39. The average Bonchev–Trinajstić information content (AvgIpc) is 2.56. The van der Waals surface area contributed by atoms with E-state index in [4.69, 9.17) is 4.74 Å². The minimum atomic E-state index is -3.22. The third-order valence-electron chi connectivity index (χ3n) is 3.17. The molecule has 1 heterocycles. The average molecular weight is 332 g/mol. The number of para-hydroxylation sites is 1. The molecule has 1 N–H and O–H groups in total. The smallest absolute Gasteiger partial charge is 0.212 e. The number of fused-ring (bicyclic) bond motifs is 1. The van der Waals surface area contributed by atoms with E-state index in [0.717, 1.165) is 17.3 Å². The van der Waals surface area contributed by atoms with Crippen LogP contribution in [0.5, 0.6) is 5.75 Å². The molecular weight excluding hydrogens is 312 g/mol. The summed E-state index contributed by atoms with van der Waals surface area (Å²) in [6, 6.07) is 9.54. The maximum atomic E-state index is 11.6. The fraction of sp³-hybridized carbons (Fsp3) is 0.353. The number of pyridine rings is 1. The molecule has 0 fully saturated rings. The molecule has 2 aromatic rings. The zero-order valence-electron chi connectivity index (χ0n) is 13.1. The highest BCUT2D eigenvalue weighted by molar-refractivity contribution is 7.89. The molecule has 0 atom stereocenters. The lowest BCUT2D eigenvalue weighted by Crippen LogP contribution is -2.26. The summed E-state index contributed by atoms with van der Waals surface area (Å²) in [6.07, 6.45) is 3.21. The van der Waals surface area contributed by atoms with E-state index in [1.54, 1.807) is 6.20 Å². The molecule has 0 aliphatic carbocycles. The van der Waals surface area contributed by atoms with Crippen molar-refractivity contribution in [1.29, 1.82) is 0 Å². The molecule has 0 saturated heterocycles. The summed E-state index contributed by atoms with van der Waals surface area (Å²) in [5.41, 5.74) is 0.789. The highest BCUT2D eigenvalue weighted by Crippen LogP contribution is 2.22. The van der Waals surface area contributed by atoms with Crippen molar-refractivity contribution in [3.63, 3.8) is 0 Å². The third kappa shape index (κ3) is 5.55. The van der Waals surface area contributed by atoms with Gasteiger partial charge in [0.1, 0.15) is 17.9 Å². The number of hydrogen-bond acceptors (Lipinski definition) is 4. The number of aromatic nitrogens is 1. The Labute approximate surface area is 137 Å². The van der Waals surface area contributed by atoms with E-state index in [9.17, 15) is 8.42 Å². The number of nitrogens with zero attached hydrogens (tertiary/aromatic N) is 1. The Balaban J connectivity index is 1.84. The summed E-state index contributed by atoms with van der Waals surface area (Å²) < 4.78 is 31.2. The molecule has 23 heavy (non-hydrogen) atoms. The first-order chi connectivity index (χ1) is 11.1. The fourth-order valence-corrected chi connectivity index (χ4v) is 3.08. The predicted octanol–water partition coefficient (Wildman–Crippen LogP) is 2.34. The minimum Gasteiger partial charge on any atom is -0.479 e. The van der Waals surface area contributed by atoms with Gasteiger partial charge < -0.3 is 4.74 Å². The van der Waals surface area contributed by atoms with Crippen LogP contribution in [0.25, 0.3) is 10.9 Å². The topological polar surface area (TPSA) is 68.3 Å². The standard InChI is InChI=1S/C17H20N2O3S/c1-2-3-14-23(20,21)19-12-4-5-13-22-16-10-6-8-15-9-7-11-18-17(15)16/h6-11,19H,2-3,12-14H2,1H3. The van der Waals surface area contributed by atoms with Crippen LogP contribution in [0.2, 0.25) is 0 Å². The molecule has 0 radical (unpaired) electrons. The van der Waals surface area contributed by atoms with E-state index in [1.165, 1.54) is 0 Å². The second kappa shape index (κ2) is 8.51. The van der Waals surface area contributed by atoms with Gasteiger partial charge in [-0.25, -0.2) is 13.1 Å². The van der Waals surface area contributed by atoms with Crippen molar-refractivity contribution in [2.45, 2.75) is 19.8 Å². The van der Waals surface area contributed by atoms with E-state index in [0.29, 0.717) is 12.2 Å². The van der Waals surface area contributed by atoms with Crippen molar-refractivity contribution in [3.8, 4) is 17.6 Å². The van der Waals surface area contributed by atoms with Gasteiger partial charge in [0.2, 0.25) is 10.0 Å². The van der Waals surface area contributed by atoms with E-state index in [1.807, 2.05) is 37.3 Å². The minimum absolute atomic E-state index is 0.100. The zero-order chi connectivity index (χ0) is 16.5. The van der Waals surface area contributed by atoms with Crippen molar-refractivity contribution in [1.82, 2.24) is 9.71 Å². The van der Waals surface area contributed by atoms with Gasteiger partial charge in [-0.3, -0.25) is 4.98 Å². The fourth-order valence-electron chi connectivity index (χ4n) is 1.97. The monoisotopic (exact) mass is 332 g/mol. The van der Waals surface area contributed by atoms with Crippen LogP contribution in [0.15, 0.2) is 36.5 Å². The molecular formula is C17H20N2O3S. The van der Waals surface area contributed by atoms with E-state index in [2.05, 4.69) is 21.5 Å². The molecule has 0 unspecified atom stereocenters. The van der Waals surface area contributed by atoms with Crippen molar-refractivity contribution in [2.24, 2.45) is 0 Å². The van der Waals surface area contributed by atoms with Gasteiger partial charge in [-0.1, -0.05) is 43.4 Å². The van der Waals surface area contributed by atoms with Crippen molar-refractivity contribution >= 4 is 20.9 Å². The van der Waals surface area contributed by atoms with E-state index >= 15 is 0 Å². The highest BCUT2D eigenvalue weighted by atomic mass is 32.2. The lowest BCUT2D eigenvalue weighted by molar-refractivity contribution is 0.374. The SMILES string of the molecule is CCCCS(=O)(=O)NCC#CCOc1cccc2cccnc12. The Morgan fingerprint density at radius 1 is 1.22 bits per heavy atom. The largest absolute Gasteiger partial charge is 0.479 e. The van der Waals surface area contributed by atoms with E-state index in [-0.39, 0.29) is 18.9 Å². The number of unbranched alkanes of at least 4 members (excludes halogenated alkanes) is 1. The first-order valence-corrected chi connectivity index (χ1v) is 9.17. The van der Waals surface area contributed by atoms with Crippen LogP contribution in [0.1, 0.15) is 19.8 Å². The first kappa shape index (κ1) is 17.3. The summed E-state index contributed by atoms with van der Waals surface area (Å²) in [5, 5.41) is 1.00. The molecule has 0 amide bonds. The summed E-state index contributed by atoms with van der Waals surface area (Å²) in [7, 11) is -3.22. The summed E-state index contributed by atoms with van der Waals surface area (Å²) in [4.78, 5) is 4.29. The molecule has 122 valence electrons. The van der Waals surface area contributed by atoms with Crippen LogP contribution in [0.3, 0.4) is 0 Å². The zero-order valence-corrected chi connectivity index (χ0v) is 13.9. The molecule has 1 aromatic carbocycles. The van der Waals surface area contributed by atoms with Crippen LogP contribution in [-0.4, -0.2) is 32.3 Å². The van der Waals surface area contributed by atoms with Gasteiger partial charge in [-0.05, 0) is 18.6 Å². The number of benzene rings is 1. The molecule has 2 rings (SSSR count). The summed E-state index contributed by atoms with van der Waals surface area (Å²) in [6.45, 7) is 2.24. The lowest BCUT2D eigenvalue weighted by Gasteiger charge is -2.05. The number of nitrogens with one attached hydrogen (secondary N) is 1.